The van der Waals surface area contributed by atoms with Crippen LogP contribution in [-0.2, 0) is 6.54 Å². The van der Waals surface area contributed by atoms with Gasteiger partial charge in [0.1, 0.15) is 0 Å². The molecule has 0 aliphatic carbocycles. The first-order chi connectivity index (χ1) is 9.06. The van der Waals surface area contributed by atoms with Crippen molar-refractivity contribution in [2.24, 2.45) is 5.73 Å². The largest absolute Gasteiger partial charge is 0.366 e. The Kier molecular flexibility index (Phi) is 4.58. The van der Waals surface area contributed by atoms with E-state index in [-0.39, 0.29) is 11.9 Å². The van der Waals surface area contributed by atoms with Crippen molar-refractivity contribution < 1.29 is 4.79 Å². The van der Waals surface area contributed by atoms with Crippen molar-refractivity contribution in [3.63, 3.8) is 0 Å². The fourth-order valence-electron chi connectivity index (χ4n) is 1.73. The molecule has 0 fully saturated rings. The quantitative estimate of drug-likeness (QED) is 0.888. The summed E-state index contributed by atoms with van der Waals surface area (Å²) in [4.78, 5) is 12.1. The monoisotopic (exact) mass is 294 g/mol. The van der Waals surface area contributed by atoms with Crippen LogP contribution in [0.2, 0.25) is 5.02 Å². The van der Waals surface area contributed by atoms with Crippen LogP contribution < -0.4 is 11.1 Å². The Balaban J connectivity index is 1.94. The van der Waals surface area contributed by atoms with Crippen LogP contribution >= 0.6 is 22.9 Å². The van der Waals surface area contributed by atoms with Crippen molar-refractivity contribution in [2.45, 2.75) is 19.5 Å². The molecule has 1 atom stereocenters. The molecule has 0 aliphatic heterocycles. The van der Waals surface area contributed by atoms with Crippen LogP contribution in [0.25, 0.3) is 0 Å². The third-order valence-corrected chi connectivity index (χ3v) is 4.08. The van der Waals surface area contributed by atoms with Crippen molar-refractivity contribution in [3.05, 3.63) is 56.7 Å². The lowest BCUT2D eigenvalue weighted by Gasteiger charge is -2.13. The van der Waals surface area contributed by atoms with Crippen molar-refractivity contribution >= 4 is 28.8 Å². The average molecular weight is 295 g/mol. The molecule has 100 valence electrons. The summed E-state index contributed by atoms with van der Waals surface area (Å²) in [7, 11) is 0. The molecule has 0 radical (unpaired) electrons. The molecule has 1 aromatic heterocycles. The number of carbonyl (C=O) groups excluding carboxylic acids is 1. The second-order valence-corrected chi connectivity index (χ2v) is 5.75. The fraction of sp³-hybridized carbons (Fsp3) is 0.214. The second kappa shape index (κ2) is 6.19. The predicted molar refractivity (Wildman–Crippen MR) is 79.5 cm³/mol. The number of nitrogens with two attached hydrogens (primary N) is 1. The van der Waals surface area contributed by atoms with E-state index < -0.39 is 0 Å². The zero-order valence-electron chi connectivity index (χ0n) is 10.5. The Hall–Kier alpha value is -1.36. The zero-order chi connectivity index (χ0) is 13.8. The molecule has 3 nitrogen and oxygen atoms in total. The molecule has 1 heterocycles. The highest BCUT2D eigenvalue weighted by Gasteiger charge is 2.07. The molecule has 2 aromatic rings. The Morgan fingerprint density at radius 3 is 2.68 bits per heavy atom. The number of nitrogens with one attached hydrogen (secondary N) is 1. The maximum absolute atomic E-state index is 11.0. The number of thiophene rings is 1. The molecule has 1 aromatic carbocycles. The van der Waals surface area contributed by atoms with E-state index in [1.165, 1.54) is 16.9 Å². The average Bonchev–Trinajstić information content (AvgIpc) is 2.86. The van der Waals surface area contributed by atoms with Gasteiger partial charge in [-0.05, 0) is 30.7 Å². The van der Waals surface area contributed by atoms with Crippen LogP contribution in [-0.4, -0.2) is 5.91 Å². The Morgan fingerprint density at radius 1 is 1.42 bits per heavy atom. The number of rotatable bonds is 5. The van der Waals surface area contributed by atoms with Crippen molar-refractivity contribution in [2.75, 3.05) is 0 Å². The molecule has 0 spiro atoms. The molecule has 19 heavy (non-hydrogen) atoms. The lowest BCUT2D eigenvalue weighted by molar-refractivity contribution is 0.100. The molecule has 0 saturated carbocycles. The van der Waals surface area contributed by atoms with Gasteiger partial charge in [0.15, 0.2) is 0 Å². The zero-order valence-corrected chi connectivity index (χ0v) is 12.1. The van der Waals surface area contributed by atoms with Gasteiger partial charge in [-0.15, -0.1) is 11.3 Å². The van der Waals surface area contributed by atoms with Gasteiger partial charge in [-0.25, -0.2) is 0 Å². The Labute approximate surface area is 121 Å². The van der Waals surface area contributed by atoms with Crippen molar-refractivity contribution in [1.29, 1.82) is 0 Å². The molecule has 5 heteroatoms. The standard InChI is InChI=1S/C14H15ClN2OS/c1-9(10-2-4-12(15)5-3-10)17-7-13-6-11(8-19-13)14(16)18/h2-6,8-9,17H,7H2,1H3,(H2,16,18)/t9-/m0/s1. The topological polar surface area (TPSA) is 55.1 Å². The summed E-state index contributed by atoms with van der Waals surface area (Å²) in [6.45, 7) is 2.80. The van der Waals surface area contributed by atoms with E-state index in [0.717, 1.165) is 9.90 Å². The molecule has 3 N–H and O–H groups in total. The molecular weight excluding hydrogens is 280 g/mol. The van der Waals surface area contributed by atoms with Crippen molar-refractivity contribution in [1.82, 2.24) is 5.32 Å². The van der Waals surface area contributed by atoms with Gasteiger partial charge in [0.2, 0.25) is 5.91 Å². The minimum absolute atomic E-state index is 0.219. The lowest BCUT2D eigenvalue weighted by Crippen LogP contribution is -2.17. The second-order valence-electron chi connectivity index (χ2n) is 4.32. The molecule has 0 bridgehead atoms. The molecule has 0 saturated heterocycles. The van der Waals surface area contributed by atoms with E-state index in [1.54, 1.807) is 5.38 Å². The van der Waals surface area contributed by atoms with Crippen molar-refractivity contribution in [3.8, 4) is 0 Å². The molecular formula is C14H15ClN2OS. The summed E-state index contributed by atoms with van der Waals surface area (Å²) in [5.41, 5.74) is 6.97. The van der Waals surface area contributed by atoms with E-state index in [9.17, 15) is 4.79 Å². The molecule has 0 unspecified atom stereocenters. The number of hydrogen-bond acceptors (Lipinski definition) is 3. The van der Waals surface area contributed by atoms with Crippen LogP contribution in [0.4, 0.5) is 0 Å². The summed E-state index contributed by atoms with van der Waals surface area (Å²) < 4.78 is 0. The van der Waals surface area contributed by atoms with Gasteiger partial charge in [-0.2, -0.15) is 0 Å². The molecule has 0 aliphatic rings. The first-order valence-corrected chi connectivity index (χ1v) is 7.18. The van der Waals surface area contributed by atoms with Crippen LogP contribution in [0.15, 0.2) is 35.7 Å². The van der Waals surface area contributed by atoms with Gasteiger partial charge in [0.05, 0.1) is 5.56 Å². The number of benzene rings is 1. The summed E-state index contributed by atoms with van der Waals surface area (Å²) in [5, 5.41) is 5.92. The van der Waals surface area contributed by atoms with Gasteiger partial charge in [0, 0.05) is 27.9 Å². The minimum atomic E-state index is -0.381. The summed E-state index contributed by atoms with van der Waals surface area (Å²) >= 11 is 7.39. The normalized spacial score (nSPS) is 12.3. The molecule has 2 rings (SSSR count). The van der Waals surface area contributed by atoms with E-state index in [4.69, 9.17) is 17.3 Å². The number of amides is 1. The predicted octanol–water partition coefficient (Wildman–Crippen LogP) is 3.35. The highest BCUT2D eigenvalue weighted by atomic mass is 35.5. The summed E-state index contributed by atoms with van der Waals surface area (Å²) in [5.74, 6) is -0.381. The maximum Gasteiger partial charge on any atom is 0.249 e. The Bertz CT molecular complexity index is 565. The smallest absolute Gasteiger partial charge is 0.249 e. The first-order valence-electron chi connectivity index (χ1n) is 5.92. The summed E-state index contributed by atoms with van der Waals surface area (Å²) in [6.07, 6.45) is 0. The lowest BCUT2D eigenvalue weighted by atomic mass is 10.1. The van der Waals surface area contributed by atoms with E-state index in [2.05, 4.69) is 12.2 Å². The number of primary amides is 1. The van der Waals surface area contributed by atoms with E-state index >= 15 is 0 Å². The highest BCUT2D eigenvalue weighted by Crippen LogP contribution is 2.18. The fourth-order valence-corrected chi connectivity index (χ4v) is 2.68. The third kappa shape index (κ3) is 3.80. The van der Waals surface area contributed by atoms with E-state index in [1.807, 2.05) is 30.3 Å². The number of hydrogen-bond donors (Lipinski definition) is 2. The minimum Gasteiger partial charge on any atom is -0.366 e. The van der Waals surface area contributed by atoms with Gasteiger partial charge < -0.3 is 11.1 Å². The Morgan fingerprint density at radius 2 is 2.11 bits per heavy atom. The first kappa shape index (κ1) is 14.1. The maximum atomic E-state index is 11.0. The SMILES string of the molecule is C[C@H](NCc1cc(C(N)=O)cs1)c1ccc(Cl)cc1. The van der Waals surface area contributed by atoms with Crippen LogP contribution in [0.3, 0.4) is 0 Å². The number of carbonyl (C=O) groups is 1. The number of halogens is 1. The van der Waals surface area contributed by atoms with Gasteiger partial charge in [-0.1, -0.05) is 23.7 Å². The molecule has 1 amide bonds. The van der Waals surface area contributed by atoms with Gasteiger partial charge in [-0.3, -0.25) is 4.79 Å². The van der Waals surface area contributed by atoms with Gasteiger partial charge in [0.25, 0.3) is 0 Å². The summed E-state index contributed by atoms with van der Waals surface area (Å²) in [6, 6.07) is 9.81. The van der Waals surface area contributed by atoms with Crippen LogP contribution in [0.1, 0.15) is 33.8 Å². The van der Waals surface area contributed by atoms with Gasteiger partial charge >= 0.3 is 0 Å². The van der Waals surface area contributed by atoms with E-state index in [0.29, 0.717) is 12.1 Å². The van der Waals surface area contributed by atoms with Crippen LogP contribution in [0.5, 0.6) is 0 Å². The third-order valence-electron chi connectivity index (χ3n) is 2.89. The van der Waals surface area contributed by atoms with Crippen LogP contribution in [0, 0.1) is 0 Å². The highest BCUT2D eigenvalue weighted by molar-refractivity contribution is 7.10.